The van der Waals surface area contributed by atoms with Crippen LogP contribution in [0.3, 0.4) is 0 Å². The number of para-hydroxylation sites is 2. The van der Waals surface area contributed by atoms with Gasteiger partial charge in [-0.2, -0.15) is 0 Å². The minimum absolute atomic E-state index is 0.307. The van der Waals surface area contributed by atoms with Crippen LogP contribution in [0.2, 0.25) is 0 Å². The highest BCUT2D eigenvalue weighted by molar-refractivity contribution is 5.96. The van der Waals surface area contributed by atoms with Crippen molar-refractivity contribution >= 4 is 22.0 Å². The second kappa shape index (κ2) is 9.53. The Kier molecular flexibility index (Phi) is 6.03. The van der Waals surface area contributed by atoms with Crippen LogP contribution < -0.4 is 4.74 Å². The predicted molar refractivity (Wildman–Crippen MR) is 156 cm³/mol. The van der Waals surface area contributed by atoms with Crippen molar-refractivity contribution in [2.75, 3.05) is 7.11 Å². The maximum Gasteiger partial charge on any atom is 0.149 e. The molecule has 0 aliphatic carbocycles. The van der Waals surface area contributed by atoms with Gasteiger partial charge < -0.3 is 9.15 Å². The van der Waals surface area contributed by atoms with Gasteiger partial charge in [-0.3, -0.25) is 4.57 Å². The van der Waals surface area contributed by atoms with Crippen LogP contribution in [-0.4, -0.2) is 16.7 Å². The summed E-state index contributed by atoms with van der Waals surface area (Å²) in [6.07, 6.45) is 1.82. The van der Waals surface area contributed by atoms with Gasteiger partial charge in [-0.25, -0.2) is 4.98 Å². The van der Waals surface area contributed by atoms with Crippen LogP contribution >= 0.6 is 0 Å². The Labute approximate surface area is 223 Å². The summed E-state index contributed by atoms with van der Waals surface area (Å²) in [7, 11) is 1.69. The van der Waals surface area contributed by atoms with Crippen molar-refractivity contribution < 1.29 is 9.15 Å². The lowest BCUT2D eigenvalue weighted by Gasteiger charge is -2.24. The molecule has 0 unspecified atom stereocenters. The highest BCUT2D eigenvalue weighted by atomic mass is 16.5. The molecule has 2 heterocycles. The molecule has 0 saturated heterocycles. The molecule has 0 radical (unpaired) electrons. The largest absolute Gasteiger partial charge is 0.497 e. The first-order valence-electron chi connectivity index (χ1n) is 13.2. The van der Waals surface area contributed by atoms with E-state index in [0.717, 1.165) is 39.1 Å². The van der Waals surface area contributed by atoms with Gasteiger partial charge in [0.15, 0.2) is 0 Å². The topological polar surface area (TPSA) is 40.2 Å². The second-order valence-electron chi connectivity index (χ2n) is 10.4. The van der Waals surface area contributed by atoms with Crippen LogP contribution in [0.4, 0.5) is 0 Å². The third kappa shape index (κ3) is 3.97. The van der Waals surface area contributed by atoms with E-state index in [0.29, 0.717) is 11.8 Å². The van der Waals surface area contributed by atoms with E-state index >= 15 is 0 Å². The summed E-state index contributed by atoms with van der Waals surface area (Å²) in [4.78, 5) is 5.18. The molecular formula is C34H32N2O2. The average Bonchev–Trinajstić information content (AvgIpc) is 3.53. The van der Waals surface area contributed by atoms with Crippen LogP contribution in [0.5, 0.6) is 5.75 Å². The van der Waals surface area contributed by atoms with Crippen LogP contribution in [0.1, 0.15) is 50.7 Å². The van der Waals surface area contributed by atoms with E-state index in [1.165, 1.54) is 27.9 Å². The molecule has 0 saturated carbocycles. The maximum atomic E-state index is 6.01. The van der Waals surface area contributed by atoms with Gasteiger partial charge in [-0.15, -0.1) is 0 Å². The smallest absolute Gasteiger partial charge is 0.149 e. The summed E-state index contributed by atoms with van der Waals surface area (Å²) in [5, 5.41) is 0.985. The number of aromatic nitrogens is 2. The monoisotopic (exact) mass is 500 g/mol. The molecule has 0 aliphatic heterocycles. The first kappa shape index (κ1) is 24.1. The number of ether oxygens (including phenoxy) is 1. The molecule has 4 aromatic carbocycles. The van der Waals surface area contributed by atoms with E-state index in [4.69, 9.17) is 14.1 Å². The molecule has 0 aliphatic rings. The van der Waals surface area contributed by atoms with E-state index in [-0.39, 0.29) is 0 Å². The van der Waals surface area contributed by atoms with E-state index in [9.17, 15) is 0 Å². The molecule has 6 aromatic rings. The van der Waals surface area contributed by atoms with Crippen LogP contribution in [0, 0.1) is 0 Å². The number of hydrogen-bond acceptors (Lipinski definition) is 3. The zero-order chi connectivity index (χ0) is 26.4. The summed E-state index contributed by atoms with van der Waals surface area (Å²) in [5.41, 5.74) is 10.1. The zero-order valence-electron chi connectivity index (χ0n) is 22.5. The van der Waals surface area contributed by atoms with Gasteiger partial charge in [0.2, 0.25) is 0 Å². The molecule has 38 heavy (non-hydrogen) atoms. The Hall–Kier alpha value is -4.31. The number of methoxy groups -OCH3 is 1. The van der Waals surface area contributed by atoms with Gasteiger partial charge >= 0.3 is 0 Å². The Morgan fingerprint density at radius 2 is 1.45 bits per heavy atom. The highest BCUT2D eigenvalue weighted by Crippen LogP contribution is 2.41. The number of hydrogen-bond donors (Lipinski definition) is 0. The van der Waals surface area contributed by atoms with Crippen molar-refractivity contribution in [1.29, 1.82) is 0 Å². The molecule has 4 nitrogen and oxygen atoms in total. The lowest BCUT2D eigenvalue weighted by atomic mass is 9.88. The van der Waals surface area contributed by atoms with Gasteiger partial charge in [0, 0.05) is 5.39 Å². The van der Waals surface area contributed by atoms with Gasteiger partial charge in [-0.1, -0.05) is 70.2 Å². The Bertz CT molecular complexity index is 1730. The molecule has 0 fully saturated rings. The fourth-order valence-corrected chi connectivity index (χ4v) is 5.36. The Balaban J connectivity index is 1.71. The molecule has 6 rings (SSSR count). The molecule has 190 valence electrons. The number of nitrogens with zero attached hydrogens (tertiary/aromatic N) is 2. The van der Waals surface area contributed by atoms with Gasteiger partial charge in [0.1, 0.15) is 23.4 Å². The fraction of sp³-hybridized carbons (Fsp3) is 0.206. The highest BCUT2D eigenvalue weighted by Gasteiger charge is 2.25. The third-order valence-electron chi connectivity index (χ3n) is 7.33. The zero-order valence-corrected chi connectivity index (χ0v) is 22.5. The van der Waals surface area contributed by atoms with Crippen molar-refractivity contribution in [3.8, 4) is 34.0 Å². The molecule has 0 spiro atoms. The molecule has 2 aromatic heterocycles. The maximum absolute atomic E-state index is 6.01. The average molecular weight is 501 g/mol. The molecule has 4 heteroatoms. The normalized spacial score (nSPS) is 11.8. The lowest BCUT2D eigenvalue weighted by molar-refractivity contribution is 0.415. The van der Waals surface area contributed by atoms with Crippen molar-refractivity contribution in [2.24, 2.45) is 0 Å². The van der Waals surface area contributed by atoms with Crippen LogP contribution in [-0.2, 0) is 0 Å². The minimum Gasteiger partial charge on any atom is -0.497 e. The summed E-state index contributed by atoms with van der Waals surface area (Å²) in [6, 6.07) is 29.7. The van der Waals surface area contributed by atoms with E-state index in [2.05, 4.69) is 92.9 Å². The third-order valence-corrected chi connectivity index (χ3v) is 7.33. The van der Waals surface area contributed by atoms with Crippen LogP contribution in [0.25, 0.3) is 50.2 Å². The lowest BCUT2D eigenvalue weighted by Crippen LogP contribution is -2.09. The first-order chi connectivity index (χ1) is 18.5. The van der Waals surface area contributed by atoms with E-state index in [1.54, 1.807) is 7.11 Å². The predicted octanol–water partition coefficient (Wildman–Crippen LogP) is 9.36. The Morgan fingerprint density at radius 3 is 2.13 bits per heavy atom. The van der Waals surface area contributed by atoms with Gasteiger partial charge in [-0.05, 0) is 76.6 Å². The number of benzene rings is 4. The summed E-state index contributed by atoms with van der Waals surface area (Å²) >= 11 is 0. The minimum atomic E-state index is 0.307. The van der Waals surface area contributed by atoms with Crippen molar-refractivity contribution in [3.63, 3.8) is 0 Å². The SMILES string of the molecule is COc1ccc2occ(-c3nc4ccccc4n3-c3c(C(C)C)cc(-c4ccccc4)cc3C(C)C)c2c1. The van der Waals surface area contributed by atoms with Gasteiger partial charge in [0.25, 0.3) is 0 Å². The molecule has 0 N–H and O–H groups in total. The summed E-state index contributed by atoms with van der Waals surface area (Å²) in [6.45, 7) is 9.09. The van der Waals surface area contributed by atoms with Crippen molar-refractivity contribution in [3.05, 3.63) is 102 Å². The van der Waals surface area contributed by atoms with Crippen molar-refractivity contribution in [2.45, 2.75) is 39.5 Å². The Morgan fingerprint density at radius 1 is 0.763 bits per heavy atom. The summed E-state index contributed by atoms with van der Waals surface area (Å²) in [5.74, 6) is 2.28. The first-order valence-corrected chi connectivity index (χ1v) is 13.2. The molecule has 0 atom stereocenters. The summed E-state index contributed by atoms with van der Waals surface area (Å²) < 4.78 is 13.9. The van der Waals surface area contributed by atoms with E-state index in [1.807, 2.05) is 30.5 Å². The standard InChI is InChI=1S/C34H32N2O2/c1-21(2)26-17-24(23-11-7-6-8-12-23)18-27(22(3)4)33(26)36-31-14-10-9-13-30(31)35-34(36)29-20-38-32-16-15-25(37-5)19-28(29)32/h6-22H,1-5H3. The van der Waals surface area contributed by atoms with E-state index < -0.39 is 0 Å². The molecule has 0 amide bonds. The number of fused-ring (bicyclic) bond motifs is 2. The number of furan rings is 1. The molecular weight excluding hydrogens is 468 g/mol. The fourth-order valence-electron chi connectivity index (χ4n) is 5.36. The second-order valence-corrected chi connectivity index (χ2v) is 10.4. The van der Waals surface area contributed by atoms with Crippen LogP contribution in [0.15, 0.2) is 95.6 Å². The van der Waals surface area contributed by atoms with Gasteiger partial charge in [0.05, 0.1) is 29.4 Å². The number of rotatable bonds is 6. The molecule has 0 bridgehead atoms. The quantitative estimate of drug-likeness (QED) is 0.229. The van der Waals surface area contributed by atoms with Crippen molar-refractivity contribution in [1.82, 2.24) is 9.55 Å². The number of imidazole rings is 1.